The minimum absolute atomic E-state index is 0.0793. The summed E-state index contributed by atoms with van der Waals surface area (Å²) in [5, 5.41) is 3.15. The van der Waals surface area contributed by atoms with Crippen molar-refractivity contribution in [3.05, 3.63) is 72.3 Å². The Morgan fingerprint density at radius 3 is 2.56 bits per heavy atom. The van der Waals surface area contributed by atoms with Crippen molar-refractivity contribution in [3.8, 4) is 23.0 Å². The normalized spacial score (nSPS) is 16.1. The number of piperazine rings is 1. The number of ether oxygens (including phenoxy) is 6. The summed E-state index contributed by atoms with van der Waals surface area (Å²) in [4.78, 5) is 40.3. The number of nitrogens with one attached hydrogen (secondary N) is 1. The molecule has 12 heteroatoms. The Hall–Kier alpha value is -4.81. The summed E-state index contributed by atoms with van der Waals surface area (Å²) in [7, 11) is 2.91. The van der Waals surface area contributed by atoms with Crippen molar-refractivity contribution in [2.24, 2.45) is 0 Å². The summed E-state index contributed by atoms with van der Waals surface area (Å²) in [6.45, 7) is 2.03. The lowest BCUT2D eigenvalue weighted by Gasteiger charge is -2.36. The third-order valence-electron chi connectivity index (χ3n) is 7.39. The summed E-state index contributed by atoms with van der Waals surface area (Å²) in [6, 6.07) is 19.9. The van der Waals surface area contributed by atoms with E-state index in [-0.39, 0.29) is 44.2 Å². The maximum Gasteiger partial charge on any atom is 0.325 e. The van der Waals surface area contributed by atoms with Gasteiger partial charge in [0, 0.05) is 30.3 Å². The Balaban J connectivity index is 1.14. The Bertz CT molecular complexity index is 1480. The van der Waals surface area contributed by atoms with E-state index < -0.39 is 5.97 Å². The highest BCUT2D eigenvalue weighted by molar-refractivity contribution is 6.01. The largest absolute Gasteiger partial charge is 0.496 e. The van der Waals surface area contributed by atoms with Gasteiger partial charge < -0.3 is 38.6 Å². The van der Waals surface area contributed by atoms with Crippen molar-refractivity contribution >= 4 is 29.2 Å². The second-order valence-corrected chi connectivity index (χ2v) is 10.4. The molecule has 0 radical (unpaired) electrons. The van der Waals surface area contributed by atoms with E-state index in [4.69, 9.17) is 28.4 Å². The second-order valence-electron chi connectivity index (χ2n) is 10.4. The van der Waals surface area contributed by atoms with Crippen LogP contribution >= 0.6 is 0 Å². The van der Waals surface area contributed by atoms with Crippen LogP contribution in [0, 0.1) is 0 Å². The first kappa shape index (κ1) is 31.6. The third kappa shape index (κ3) is 8.02. The number of carbonyl (C=O) groups is 3. The number of carbonyl (C=O) groups excluding carboxylic acids is 3. The molecule has 1 atom stereocenters. The number of hydrogen-bond acceptors (Lipinski definition) is 10. The van der Waals surface area contributed by atoms with E-state index in [9.17, 15) is 14.4 Å². The first-order valence-electron chi connectivity index (χ1n) is 14.7. The molecule has 2 amide bonds. The van der Waals surface area contributed by atoms with E-state index in [0.717, 1.165) is 23.4 Å². The highest BCUT2D eigenvalue weighted by Gasteiger charge is 2.31. The van der Waals surface area contributed by atoms with Crippen LogP contribution in [0.25, 0.3) is 0 Å². The lowest BCUT2D eigenvalue weighted by Crippen LogP contribution is -2.57. The quantitative estimate of drug-likeness (QED) is 0.213. The van der Waals surface area contributed by atoms with Gasteiger partial charge in [-0.15, -0.1) is 0 Å². The second kappa shape index (κ2) is 15.3. The fourth-order valence-electron chi connectivity index (χ4n) is 5.10. The monoisotopic (exact) mass is 619 g/mol. The highest BCUT2D eigenvalue weighted by Crippen LogP contribution is 2.35. The van der Waals surface area contributed by atoms with Gasteiger partial charge in [0.15, 0.2) is 6.61 Å². The van der Waals surface area contributed by atoms with Crippen LogP contribution < -0.4 is 34.1 Å². The predicted octanol–water partition coefficient (Wildman–Crippen LogP) is 2.96. The topological polar surface area (TPSA) is 125 Å². The molecule has 1 fully saturated rings. The maximum atomic E-state index is 13.0. The van der Waals surface area contributed by atoms with E-state index in [1.807, 2.05) is 48.5 Å². The summed E-state index contributed by atoms with van der Waals surface area (Å²) in [5.74, 6) is 1.45. The zero-order chi connectivity index (χ0) is 31.6. The van der Waals surface area contributed by atoms with Gasteiger partial charge in [-0.1, -0.05) is 18.2 Å². The SMILES string of the molecule is COC(=O)CN1C(=O)COc2ccc(OC[C@H]3CNCC(=O)N3c3ccc(OCCCOCc4ccccc4OC)cc3)cc21. The number of esters is 1. The number of nitrogens with zero attached hydrogens (tertiary/aromatic N) is 2. The third-order valence-corrected chi connectivity index (χ3v) is 7.39. The summed E-state index contributed by atoms with van der Waals surface area (Å²) < 4.78 is 33.3. The average molecular weight is 620 g/mol. The molecule has 3 aromatic carbocycles. The van der Waals surface area contributed by atoms with E-state index in [2.05, 4.69) is 5.32 Å². The van der Waals surface area contributed by atoms with Crippen LogP contribution in [0.1, 0.15) is 12.0 Å². The zero-order valence-corrected chi connectivity index (χ0v) is 25.4. The van der Waals surface area contributed by atoms with Crippen LogP contribution in [-0.4, -0.2) is 84.1 Å². The van der Waals surface area contributed by atoms with E-state index in [1.54, 1.807) is 30.2 Å². The highest BCUT2D eigenvalue weighted by atomic mass is 16.5. The van der Waals surface area contributed by atoms with E-state index in [1.165, 1.54) is 12.0 Å². The molecule has 12 nitrogen and oxygen atoms in total. The van der Waals surface area contributed by atoms with Crippen LogP contribution in [0.4, 0.5) is 11.4 Å². The molecule has 0 saturated carbocycles. The molecule has 1 N–H and O–H groups in total. The fourth-order valence-corrected chi connectivity index (χ4v) is 5.10. The molecular formula is C33H37N3O9. The molecule has 5 rings (SSSR count). The average Bonchev–Trinajstić information content (AvgIpc) is 3.07. The minimum atomic E-state index is -0.546. The van der Waals surface area contributed by atoms with Crippen LogP contribution in [-0.2, 0) is 30.5 Å². The van der Waals surface area contributed by atoms with Gasteiger partial charge in [0.05, 0.1) is 52.3 Å². The standard InChI is InChI=1S/C33H37N3O9/c1-40-29-7-4-3-6-23(29)20-42-14-5-15-43-26-10-8-24(9-11-26)36-25(17-34-18-31(36)37)21-44-27-12-13-30-28(16-27)35(19-33(39)41-2)32(38)22-45-30/h3-4,6-13,16,25,34H,5,14-15,17-22H2,1-2H3/t25-/m1/s1. The molecule has 0 bridgehead atoms. The van der Waals surface area contributed by atoms with Crippen molar-refractivity contribution in [2.75, 3.05) is 70.1 Å². The molecule has 0 aliphatic carbocycles. The van der Waals surface area contributed by atoms with Gasteiger partial charge >= 0.3 is 5.97 Å². The molecule has 3 aromatic rings. The summed E-state index contributed by atoms with van der Waals surface area (Å²) in [5.41, 5.74) is 2.15. The zero-order valence-electron chi connectivity index (χ0n) is 25.4. The first-order valence-corrected chi connectivity index (χ1v) is 14.7. The summed E-state index contributed by atoms with van der Waals surface area (Å²) >= 11 is 0. The number of rotatable bonds is 14. The Kier molecular flexibility index (Phi) is 10.7. The molecule has 0 unspecified atom stereocenters. The molecule has 0 aromatic heterocycles. The Morgan fingerprint density at radius 2 is 1.76 bits per heavy atom. The number of benzene rings is 3. The van der Waals surface area contributed by atoms with Crippen molar-refractivity contribution < 1.29 is 42.8 Å². The number of hydrogen-bond donors (Lipinski definition) is 1. The molecule has 1 saturated heterocycles. The van der Waals surface area contributed by atoms with Crippen LogP contribution in [0.15, 0.2) is 66.7 Å². The van der Waals surface area contributed by atoms with Gasteiger partial charge in [-0.05, 0) is 42.5 Å². The van der Waals surface area contributed by atoms with Gasteiger partial charge in [0.1, 0.15) is 36.1 Å². The van der Waals surface area contributed by atoms with Gasteiger partial charge in [-0.2, -0.15) is 0 Å². The molecule has 2 heterocycles. The predicted molar refractivity (Wildman–Crippen MR) is 165 cm³/mol. The van der Waals surface area contributed by atoms with Crippen molar-refractivity contribution in [1.29, 1.82) is 0 Å². The van der Waals surface area contributed by atoms with Crippen molar-refractivity contribution in [3.63, 3.8) is 0 Å². The smallest absolute Gasteiger partial charge is 0.325 e. The molecule has 45 heavy (non-hydrogen) atoms. The Labute approximate surface area is 261 Å². The number of anilines is 2. The minimum Gasteiger partial charge on any atom is -0.496 e. The molecular weight excluding hydrogens is 582 g/mol. The first-order chi connectivity index (χ1) is 22.0. The Morgan fingerprint density at radius 1 is 0.956 bits per heavy atom. The van der Waals surface area contributed by atoms with Crippen molar-refractivity contribution in [2.45, 2.75) is 19.1 Å². The van der Waals surface area contributed by atoms with E-state index >= 15 is 0 Å². The van der Waals surface area contributed by atoms with Crippen LogP contribution in [0.3, 0.4) is 0 Å². The molecule has 238 valence electrons. The molecule has 0 spiro atoms. The number of fused-ring (bicyclic) bond motifs is 1. The number of amides is 2. The lowest BCUT2D eigenvalue weighted by molar-refractivity contribution is -0.140. The van der Waals surface area contributed by atoms with Gasteiger partial charge in [-0.25, -0.2) is 0 Å². The van der Waals surface area contributed by atoms with E-state index in [0.29, 0.717) is 49.3 Å². The molecule has 2 aliphatic rings. The number of para-hydroxylation sites is 1. The van der Waals surface area contributed by atoms with Gasteiger partial charge in [0.2, 0.25) is 5.91 Å². The summed E-state index contributed by atoms with van der Waals surface area (Å²) in [6.07, 6.45) is 0.718. The van der Waals surface area contributed by atoms with Crippen LogP contribution in [0.2, 0.25) is 0 Å². The van der Waals surface area contributed by atoms with Gasteiger partial charge in [-0.3, -0.25) is 19.3 Å². The molecule has 2 aliphatic heterocycles. The fraction of sp³-hybridized carbons (Fsp3) is 0.364. The maximum absolute atomic E-state index is 13.0. The number of methoxy groups -OCH3 is 2. The van der Waals surface area contributed by atoms with Crippen LogP contribution in [0.5, 0.6) is 23.0 Å². The van der Waals surface area contributed by atoms with Crippen molar-refractivity contribution in [1.82, 2.24) is 5.32 Å². The lowest BCUT2D eigenvalue weighted by atomic mass is 10.1. The van der Waals surface area contributed by atoms with Gasteiger partial charge in [0.25, 0.3) is 5.91 Å².